The van der Waals surface area contributed by atoms with E-state index in [1.807, 2.05) is 41.2 Å². The number of fused-ring (bicyclic) bond motifs is 3. The fraction of sp³-hybridized carbons (Fsp3) is 0. The molecule has 1 aromatic heterocycles. The van der Waals surface area contributed by atoms with Gasteiger partial charge in [-0.1, -0.05) is 36.4 Å². The van der Waals surface area contributed by atoms with Gasteiger partial charge in [0.25, 0.3) is 15.9 Å². The molecule has 27 heavy (non-hydrogen) atoms. The molecule has 4 aromatic rings. The predicted octanol–water partition coefficient (Wildman–Crippen LogP) is 3.82. The maximum atomic E-state index is 12.9. The van der Waals surface area contributed by atoms with Crippen molar-refractivity contribution in [2.45, 2.75) is 4.90 Å². The molecule has 0 saturated heterocycles. The van der Waals surface area contributed by atoms with E-state index in [4.69, 9.17) is 0 Å². The Hall–Kier alpha value is -2.81. The maximum Gasteiger partial charge on any atom is 0.276 e. The summed E-state index contributed by atoms with van der Waals surface area (Å²) in [5, 5.41) is 3.01. The summed E-state index contributed by atoms with van der Waals surface area (Å²) >= 11 is 1.29. The largest absolute Gasteiger partial charge is 0.276 e. The Bertz CT molecular complexity index is 1270. The monoisotopic (exact) mass is 400 g/mol. The van der Waals surface area contributed by atoms with Crippen LogP contribution in [0.3, 0.4) is 0 Å². The molecule has 3 aromatic carbocycles. The highest BCUT2D eigenvalue weighted by Gasteiger charge is 2.17. The lowest BCUT2D eigenvalue weighted by molar-refractivity contribution is 0.0949. The number of amides is 1. The fourth-order valence-electron chi connectivity index (χ4n) is 2.73. The molecule has 0 aliphatic carbocycles. The van der Waals surface area contributed by atoms with Gasteiger partial charge in [0, 0.05) is 4.70 Å². The summed E-state index contributed by atoms with van der Waals surface area (Å²) in [5.41, 5.74) is 2.20. The molecule has 0 bridgehead atoms. The summed E-state index contributed by atoms with van der Waals surface area (Å²) in [6, 6.07) is 17.8. The van der Waals surface area contributed by atoms with Gasteiger partial charge < -0.3 is 0 Å². The molecular formula is C19H13FN2O3S2. The van der Waals surface area contributed by atoms with Gasteiger partial charge in [-0.15, -0.1) is 16.2 Å². The number of thiophene rings is 1. The second kappa shape index (κ2) is 6.73. The van der Waals surface area contributed by atoms with Crippen LogP contribution in [-0.4, -0.2) is 14.3 Å². The van der Waals surface area contributed by atoms with E-state index in [2.05, 4.69) is 5.43 Å². The number of carbonyl (C=O) groups is 1. The van der Waals surface area contributed by atoms with Crippen LogP contribution in [0.5, 0.6) is 0 Å². The smallest absolute Gasteiger partial charge is 0.273 e. The van der Waals surface area contributed by atoms with Crippen molar-refractivity contribution >= 4 is 48.1 Å². The van der Waals surface area contributed by atoms with Crippen molar-refractivity contribution in [1.29, 1.82) is 0 Å². The van der Waals surface area contributed by atoms with Gasteiger partial charge in [-0.3, -0.25) is 10.2 Å². The van der Waals surface area contributed by atoms with E-state index >= 15 is 0 Å². The van der Waals surface area contributed by atoms with Crippen molar-refractivity contribution in [3.8, 4) is 0 Å². The van der Waals surface area contributed by atoms with Crippen LogP contribution in [0.4, 0.5) is 4.39 Å². The van der Waals surface area contributed by atoms with Crippen LogP contribution in [-0.2, 0) is 10.0 Å². The van der Waals surface area contributed by atoms with E-state index < -0.39 is 21.7 Å². The molecule has 0 aliphatic rings. The molecule has 8 heteroatoms. The van der Waals surface area contributed by atoms with E-state index in [0.29, 0.717) is 4.88 Å². The Morgan fingerprint density at radius 2 is 1.63 bits per heavy atom. The summed E-state index contributed by atoms with van der Waals surface area (Å²) in [4.78, 5) is 14.7. The highest BCUT2D eigenvalue weighted by atomic mass is 32.2. The molecule has 0 radical (unpaired) electrons. The van der Waals surface area contributed by atoms with Crippen molar-refractivity contribution in [2.24, 2.45) is 0 Å². The van der Waals surface area contributed by atoms with Crippen LogP contribution in [0.25, 0.3) is 20.9 Å². The number of hydrogen-bond acceptors (Lipinski definition) is 4. The van der Waals surface area contributed by atoms with Gasteiger partial charge in [-0.2, -0.15) is 0 Å². The van der Waals surface area contributed by atoms with Crippen molar-refractivity contribution in [1.82, 2.24) is 10.3 Å². The third kappa shape index (κ3) is 3.42. The topological polar surface area (TPSA) is 75.3 Å². The third-order valence-corrected chi connectivity index (χ3v) is 6.50. The molecule has 0 fully saturated rings. The minimum absolute atomic E-state index is 0.147. The first-order valence-electron chi connectivity index (χ1n) is 7.93. The van der Waals surface area contributed by atoms with Crippen LogP contribution in [0, 0.1) is 5.82 Å². The number of halogens is 1. The van der Waals surface area contributed by atoms with Gasteiger partial charge in [0.2, 0.25) is 0 Å². The second-order valence-electron chi connectivity index (χ2n) is 5.83. The lowest BCUT2D eigenvalue weighted by Crippen LogP contribution is -2.41. The molecule has 0 atom stereocenters. The van der Waals surface area contributed by atoms with Crippen molar-refractivity contribution in [2.75, 3.05) is 0 Å². The SMILES string of the molecule is O=C(NNS(=O)(=O)c1ccc(F)cc1)c1cc2ccc3ccccc3c2s1. The molecule has 4 rings (SSSR count). The standard InChI is InChI=1S/C19H13FN2O3S2/c20-14-7-9-15(10-8-14)27(24,25)22-21-19(23)17-11-13-6-5-12-3-1-2-4-16(12)18(13)26-17/h1-11,22H,(H,21,23). The van der Waals surface area contributed by atoms with Gasteiger partial charge >= 0.3 is 0 Å². The molecule has 2 N–H and O–H groups in total. The number of nitrogens with one attached hydrogen (secondary N) is 2. The molecule has 0 saturated carbocycles. The number of rotatable bonds is 4. The minimum atomic E-state index is -3.99. The number of sulfonamides is 1. The first kappa shape index (κ1) is 17.6. The summed E-state index contributed by atoms with van der Waals surface area (Å²) < 4.78 is 38.3. The molecule has 0 spiro atoms. The number of carbonyl (C=O) groups excluding carboxylic acids is 1. The Morgan fingerprint density at radius 3 is 2.41 bits per heavy atom. The Kier molecular flexibility index (Phi) is 4.39. The average molecular weight is 400 g/mol. The van der Waals surface area contributed by atoms with Crippen LogP contribution in [0.1, 0.15) is 9.67 Å². The Morgan fingerprint density at radius 1 is 0.926 bits per heavy atom. The highest BCUT2D eigenvalue weighted by molar-refractivity contribution is 7.89. The van der Waals surface area contributed by atoms with Crippen molar-refractivity contribution in [3.63, 3.8) is 0 Å². The van der Waals surface area contributed by atoms with Crippen LogP contribution >= 0.6 is 11.3 Å². The summed E-state index contributed by atoms with van der Waals surface area (Å²) in [6.07, 6.45) is 0. The quantitative estimate of drug-likeness (QED) is 0.512. The minimum Gasteiger partial charge on any atom is -0.273 e. The Balaban J connectivity index is 1.58. The first-order valence-corrected chi connectivity index (χ1v) is 10.2. The molecule has 0 aliphatic heterocycles. The van der Waals surface area contributed by atoms with E-state index in [1.165, 1.54) is 11.3 Å². The first-order chi connectivity index (χ1) is 12.9. The average Bonchev–Trinajstić information content (AvgIpc) is 3.11. The zero-order valence-corrected chi connectivity index (χ0v) is 15.4. The molecular weight excluding hydrogens is 387 g/mol. The number of hydrazine groups is 1. The van der Waals surface area contributed by atoms with Crippen LogP contribution in [0.2, 0.25) is 0 Å². The van der Waals surface area contributed by atoms with E-state index in [-0.39, 0.29) is 4.90 Å². The zero-order valence-electron chi connectivity index (χ0n) is 13.8. The third-order valence-electron chi connectivity index (χ3n) is 4.06. The highest BCUT2D eigenvalue weighted by Crippen LogP contribution is 2.32. The lowest BCUT2D eigenvalue weighted by atomic mass is 10.1. The molecule has 0 unspecified atom stereocenters. The molecule has 136 valence electrons. The van der Waals surface area contributed by atoms with Gasteiger partial charge in [0.05, 0.1) is 9.77 Å². The summed E-state index contributed by atoms with van der Waals surface area (Å²) in [7, 11) is -3.99. The van der Waals surface area contributed by atoms with Gasteiger partial charge in [-0.25, -0.2) is 12.8 Å². The number of hydrogen-bond donors (Lipinski definition) is 2. The summed E-state index contributed by atoms with van der Waals surface area (Å²) in [5.74, 6) is -1.11. The molecule has 1 heterocycles. The van der Waals surface area contributed by atoms with Crippen LogP contribution in [0.15, 0.2) is 71.6 Å². The normalized spacial score (nSPS) is 11.7. The van der Waals surface area contributed by atoms with Crippen LogP contribution < -0.4 is 10.3 Å². The Labute approximate surface area is 158 Å². The number of benzene rings is 3. The maximum absolute atomic E-state index is 12.9. The second-order valence-corrected chi connectivity index (χ2v) is 8.56. The fourth-order valence-corrected chi connectivity index (χ4v) is 4.66. The van der Waals surface area contributed by atoms with E-state index in [9.17, 15) is 17.6 Å². The zero-order chi connectivity index (χ0) is 19.0. The van der Waals surface area contributed by atoms with Gasteiger partial charge in [0.15, 0.2) is 0 Å². The molecule has 5 nitrogen and oxygen atoms in total. The van der Waals surface area contributed by atoms with Crippen molar-refractivity contribution < 1.29 is 17.6 Å². The summed E-state index contributed by atoms with van der Waals surface area (Å²) in [6.45, 7) is 0. The van der Waals surface area contributed by atoms with Crippen molar-refractivity contribution in [3.05, 3.63) is 77.4 Å². The predicted molar refractivity (Wildman–Crippen MR) is 104 cm³/mol. The molecule has 1 amide bonds. The van der Waals surface area contributed by atoms with E-state index in [0.717, 1.165) is 45.1 Å². The lowest BCUT2D eigenvalue weighted by Gasteiger charge is -2.07. The van der Waals surface area contributed by atoms with Gasteiger partial charge in [0.1, 0.15) is 5.82 Å². The van der Waals surface area contributed by atoms with E-state index in [1.54, 1.807) is 6.07 Å². The van der Waals surface area contributed by atoms with Gasteiger partial charge in [-0.05, 0) is 46.5 Å².